The molecule has 0 atom stereocenters. The third kappa shape index (κ3) is 4.82. The van der Waals surface area contributed by atoms with E-state index in [1.54, 1.807) is 0 Å². The van der Waals surface area contributed by atoms with E-state index in [1.807, 2.05) is 12.1 Å². The lowest BCUT2D eigenvalue weighted by Gasteiger charge is -2.14. The first-order valence-corrected chi connectivity index (χ1v) is 9.83. The minimum absolute atomic E-state index is 0.780. The van der Waals surface area contributed by atoms with Crippen molar-refractivity contribution in [3.05, 3.63) is 58.7 Å². The average molecular weight is 348 g/mol. The van der Waals surface area contributed by atoms with Gasteiger partial charge in [-0.3, -0.25) is 0 Å². The van der Waals surface area contributed by atoms with E-state index in [-0.39, 0.29) is 0 Å². The number of ether oxygens (including phenoxy) is 2. The van der Waals surface area contributed by atoms with E-state index in [0.717, 1.165) is 74.4 Å². The van der Waals surface area contributed by atoms with Gasteiger partial charge >= 0.3 is 0 Å². The topological polar surface area (TPSA) is 18.5 Å². The molecule has 0 aliphatic heterocycles. The summed E-state index contributed by atoms with van der Waals surface area (Å²) in [6.45, 7) is 5.92. The Kier molecular flexibility index (Phi) is 6.61. The number of hydrogen-bond donors (Lipinski definition) is 0. The number of rotatable bonds is 8. The predicted octanol–water partition coefficient (Wildman–Crippen LogP) is 5.54. The first-order chi connectivity index (χ1) is 12.8. The second kappa shape index (κ2) is 9.34. The van der Waals surface area contributed by atoms with Crippen LogP contribution in [0.25, 0.3) is 0 Å². The van der Waals surface area contributed by atoms with Gasteiger partial charge < -0.3 is 9.47 Å². The lowest BCUT2D eigenvalue weighted by atomic mass is 9.94. The van der Waals surface area contributed by atoms with Gasteiger partial charge in [-0.25, -0.2) is 0 Å². The maximum atomic E-state index is 5.86. The molecule has 2 nitrogen and oxygen atoms in total. The molecular formula is C24H28O2. The molecule has 0 saturated heterocycles. The van der Waals surface area contributed by atoms with Crippen molar-refractivity contribution in [1.82, 2.24) is 0 Å². The number of aryl methyl sites for hydroxylation is 2. The lowest BCUT2D eigenvalue weighted by molar-refractivity contribution is 0.308. The SMILES string of the molecule is CCCCOc1ccc2c(c1)CCc1cc(OCCCC)ccc1C#C2. The molecule has 2 aromatic carbocycles. The zero-order valence-electron chi connectivity index (χ0n) is 15.9. The van der Waals surface area contributed by atoms with Crippen molar-refractivity contribution >= 4 is 0 Å². The van der Waals surface area contributed by atoms with E-state index in [1.165, 1.54) is 11.1 Å². The smallest absolute Gasteiger partial charge is 0.119 e. The zero-order chi connectivity index (χ0) is 18.2. The van der Waals surface area contributed by atoms with Gasteiger partial charge in [-0.05, 0) is 73.2 Å². The lowest BCUT2D eigenvalue weighted by Crippen LogP contribution is -2.03. The molecule has 0 spiro atoms. The summed E-state index contributed by atoms with van der Waals surface area (Å²) < 4.78 is 11.7. The summed E-state index contributed by atoms with van der Waals surface area (Å²) in [5, 5.41) is 0. The van der Waals surface area contributed by atoms with Crippen LogP contribution in [0, 0.1) is 11.8 Å². The van der Waals surface area contributed by atoms with E-state index in [0.29, 0.717) is 0 Å². The van der Waals surface area contributed by atoms with Crippen LogP contribution in [0.3, 0.4) is 0 Å². The van der Waals surface area contributed by atoms with Crippen LogP contribution in [0.4, 0.5) is 0 Å². The van der Waals surface area contributed by atoms with Crippen LogP contribution >= 0.6 is 0 Å². The predicted molar refractivity (Wildman–Crippen MR) is 107 cm³/mol. The molecule has 0 unspecified atom stereocenters. The van der Waals surface area contributed by atoms with E-state index in [4.69, 9.17) is 9.47 Å². The minimum Gasteiger partial charge on any atom is -0.494 e. The fourth-order valence-electron chi connectivity index (χ4n) is 3.05. The third-order valence-corrected chi connectivity index (χ3v) is 4.68. The Balaban J connectivity index is 1.76. The Labute approximate surface area is 157 Å². The van der Waals surface area contributed by atoms with Crippen molar-refractivity contribution in [1.29, 1.82) is 0 Å². The zero-order valence-corrected chi connectivity index (χ0v) is 15.9. The monoisotopic (exact) mass is 348 g/mol. The van der Waals surface area contributed by atoms with Gasteiger partial charge in [0.25, 0.3) is 0 Å². The van der Waals surface area contributed by atoms with Gasteiger partial charge in [-0.15, -0.1) is 0 Å². The van der Waals surface area contributed by atoms with Crippen LogP contribution in [-0.4, -0.2) is 13.2 Å². The van der Waals surface area contributed by atoms with E-state index in [2.05, 4.69) is 50.0 Å². The Morgan fingerprint density at radius 2 is 1.19 bits per heavy atom. The highest BCUT2D eigenvalue weighted by Crippen LogP contribution is 2.25. The molecule has 3 rings (SSSR count). The van der Waals surface area contributed by atoms with Crippen molar-refractivity contribution < 1.29 is 9.47 Å². The number of hydrogen-bond acceptors (Lipinski definition) is 2. The molecule has 2 heteroatoms. The van der Waals surface area contributed by atoms with Crippen molar-refractivity contribution in [2.45, 2.75) is 52.4 Å². The second-order valence-electron chi connectivity index (χ2n) is 6.79. The summed E-state index contributed by atoms with van der Waals surface area (Å²) in [7, 11) is 0. The summed E-state index contributed by atoms with van der Waals surface area (Å²) >= 11 is 0. The fourth-order valence-corrected chi connectivity index (χ4v) is 3.05. The first-order valence-electron chi connectivity index (χ1n) is 9.83. The van der Waals surface area contributed by atoms with E-state index >= 15 is 0 Å². The van der Waals surface area contributed by atoms with Gasteiger partial charge in [-0.1, -0.05) is 38.5 Å². The van der Waals surface area contributed by atoms with Crippen molar-refractivity contribution in [3.8, 4) is 23.3 Å². The standard InChI is InChI=1S/C24H28O2/c1-3-5-15-25-23-13-11-19-7-8-20-12-14-24(26-16-6-4-2)18-22(20)10-9-21(19)17-23/h11-14,17-18H,3-6,9-10,15-16H2,1-2H3. The third-order valence-electron chi connectivity index (χ3n) is 4.68. The largest absolute Gasteiger partial charge is 0.494 e. The molecule has 1 aliphatic carbocycles. The first kappa shape index (κ1) is 18.4. The highest BCUT2D eigenvalue weighted by atomic mass is 16.5. The molecule has 0 bridgehead atoms. The molecule has 0 fully saturated rings. The molecule has 2 aromatic rings. The normalized spacial score (nSPS) is 12.1. The number of unbranched alkanes of at least 4 members (excludes halogenated alkanes) is 2. The second-order valence-corrected chi connectivity index (χ2v) is 6.79. The Hall–Kier alpha value is -2.40. The summed E-state index contributed by atoms with van der Waals surface area (Å²) in [6, 6.07) is 12.6. The van der Waals surface area contributed by atoms with Gasteiger partial charge in [0.15, 0.2) is 0 Å². The molecule has 0 N–H and O–H groups in total. The van der Waals surface area contributed by atoms with Gasteiger partial charge in [0.1, 0.15) is 11.5 Å². The van der Waals surface area contributed by atoms with Crippen LogP contribution in [0.15, 0.2) is 36.4 Å². The van der Waals surface area contributed by atoms with E-state index in [9.17, 15) is 0 Å². The van der Waals surface area contributed by atoms with Crippen LogP contribution in [0.1, 0.15) is 61.8 Å². The molecule has 0 saturated carbocycles. The highest BCUT2D eigenvalue weighted by molar-refractivity contribution is 5.54. The van der Waals surface area contributed by atoms with Crippen molar-refractivity contribution in [2.24, 2.45) is 0 Å². The van der Waals surface area contributed by atoms with Crippen molar-refractivity contribution in [2.75, 3.05) is 13.2 Å². The molecule has 26 heavy (non-hydrogen) atoms. The Morgan fingerprint density at radius 3 is 1.62 bits per heavy atom. The van der Waals surface area contributed by atoms with Gasteiger partial charge in [0, 0.05) is 11.1 Å². The average Bonchev–Trinajstić information content (AvgIpc) is 2.65. The molecule has 0 heterocycles. The molecule has 1 aliphatic rings. The van der Waals surface area contributed by atoms with Crippen LogP contribution < -0.4 is 9.47 Å². The molecule has 0 radical (unpaired) electrons. The molecule has 0 amide bonds. The van der Waals surface area contributed by atoms with E-state index < -0.39 is 0 Å². The maximum Gasteiger partial charge on any atom is 0.119 e. The molecule has 0 aromatic heterocycles. The van der Waals surface area contributed by atoms with Gasteiger partial charge in [-0.2, -0.15) is 0 Å². The summed E-state index contributed by atoms with van der Waals surface area (Å²) in [6.07, 6.45) is 6.42. The van der Waals surface area contributed by atoms with Crippen LogP contribution in [0.2, 0.25) is 0 Å². The Bertz CT molecular complexity index is 730. The molecular weight excluding hydrogens is 320 g/mol. The number of benzene rings is 2. The summed E-state index contributed by atoms with van der Waals surface area (Å²) in [5.41, 5.74) is 4.77. The van der Waals surface area contributed by atoms with Gasteiger partial charge in [0.05, 0.1) is 13.2 Å². The fraction of sp³-hybridized carbons (Fsp3) is 0.417. The summed E-state index contributed by atoms with van der Waals surface area (Å²) in [4.78, 5) is 0. The number of fused-ring (bicyclic) bond motifs is 2. The quantitative estimate of drug-likeness (QED) is 0.460. The van der Waals surface area contributed by atoms with Gasteiger partial charge in [0.2, 0.25) is 0 Å². The minimum atomic E-state index is 0.780. The highest BCUT2D eigenvalue weighted by Gasteiger charge is 2.10. The summed E-state index contributed by atoms with van der Waals surface area (Å²) in [5.74, 6) is 8.59. The molecule has 136 valence electrons. The van der Waals surface area contributed by atoms with Crippen LogP contribution in [0.5, 0.6) is 11.5 Å². The van der Waals surface area contributed by atoms with Crippen molar-refractivity contribution in [3.63, 3.8) is 0 Å². The van der Waals surface area contributed by atoms with Crippen LogP contribution in [-0.2, 0) is 12.8 Å². The maximum absolute atomic E-state index is 5.86. The Morgan fingerprint density at radius 1 is 0.731 bits per heavy atom.